The lowest BCUT2D eigenvalue weighted by molar-refractivity contribution is -0.130. The highest BCUT2D eigenvalue weighted by Crippen LogP contribution is 2.39. The van der Waals surface area contributed by atoms with Crippen molar-refractivity contribution >= 4 is 16.8 Å². The van der Waals surface area contributed by atoms with Gasteiger partial charge in [0.05, 0.1) is 6.42 Å². The average molecular weight is 422 g/mol. The number of H-pyrrole nitrogens is 3. The molecule has 0 aliphatic carbocycles. The fourth-order valence-corrected chi connectivity index (χ4v) is 5.32. The Morgan fingerprint density at radius 1 is 1.06 bits per heavy atom. The van der Waals surface area contributed by atoms with Crippen LogP contribution in [0.2, 0.25) is 0 Å². The Bertz CT molecular complexity index is 1200. The van der Waals surface area contributed by atoms with E-state index < -0.39 is 5.69 Å². The summed E-state index contributed by atoms with van der Waals surface area (Å²) < 4.78 is 0. The minimum absolute atomic E-state index is 0.0929. The van der Waals surface area contributed by atoms with Crippen LogP contribution in [0, 0.1) is 5.41 Å². The van der Waals surface area contributed by atoms with Crippen molar-refractivity contribution in [3.8, 4) is 0 Å². The number of likely N-dealkylation sites (tertiary alicyclic amines) is 2. The summed E-state index contributed by atoms with van der Waals surface area (Å²) in [6, 6.07) is 9.52. The van der Waals surface area contributed by atoms with E-state index in [-0.39, 0.29) is 16.9 Å². The second-order valence-electron chi connectivity index (χ2n) is 9.03. The van der Waals surface area contributed by atoms with E-state index in [4.69, 9.17) is 0 Å². The number of amides is 1. The van der Waals surface area contributed by atoms with Gasteiger partial charge in [0.1, 0.15) is 0 Å². The van der Waals surface area contributed by atoms with Gasteiger partial charge in [0.2, 0.25) is 5.91 Å². The number of fused-ring (bicyclic) bond motifs is 1. The van der Waals surface area contributed by atoms with Crippen LogP contribution in [0.3, 0.4) is 0 Å². The average Bonchev–Trinajstić information content (AvgIpc) is 3.32. The summed E-state index contributed by atoms with van der Waals surface area (Å²) in [5, 5.41) is 1.11. The number of hydrogen-bond donors (Lipinski definition) is 3. The van der Waals surface area contributed by atoms with Crippen molar-refractivity contribution < 1.29 is 4.79 Å². The maximum Gasteiger partial charge on any atom is 0.325 e. The Labute approximate surface area is 179 Å². The minimum Gasteiger partial charge on any atom is -0.361 e. The van der Waals surface area contributed by atoms with Gasteiger partial charge in [-0.15, -0.1) is 0 Å². The van der Waals surface area contributed by atoms with Crippen LogP contribution in [0.25, 0.3) is 10.9 Å². The molecule has 1 unspecified atom stereocenters. The molecule has 1 atom stereocenters. The molecule has 3 N–H and O–H groups in total. The Hall–Kier alpha value is -3.13. The number of hydrogen-bond acceptors (Lipinski definition) is 4. The van der Waals surface area contributed by atoms with Crippen LogP contribution in [0.4, 0.5) is 0 Å². The number of carbonyl (C=O) groups is 1. The van der Waals surface area contributed by atoms with Crippen molar-refractivity contribution in [1.29, 1.82) is 0 Å². The Morgan fingerprint density at radius 3 is 2.81 bits per heavy atom. The van der Waals surface area contributed by atoms with E-state index in [1.165, 1.54) is 6.07 Å². The molecule has 2 aromatic heterocycles. The van der Waals surface area contributed by atoms with E-state index in [1.807, 2.05) is 29.3 Å². The maximum atomic E-state index is 13.1. The molecule has 8 heteroatoms. The van der Waals surface area contributed by atoms with Gasteiger partial charge in [-0.3, -0.25) is 19.5 Å². The van der Waals surface area contributed by atoms with Gasteiger partial charge >= 0.3 is 5.69 Å². The molecule has 162 valence electrons. The van der Waals surface area contributed by atoms with Crippen molar-refractivity contribution in [1.82, 2.24) is 24.8 Å². The van der Waals surface area contributed by atoms with Crippen molar-refractivity contribution in [3.63, 3.8) is 0 Å². The van der Waals surface area contributed by atoms with E-state index in [1.54, 1.807) is 0 Å². The van der Waals surface area contributed by atoms with Crippen molar-refractivity contribution in [2.45, 2.75) is 32.2 Å². The molecule has 2 fully saturated rings. The lowest BCUT2D eigenvalue weighted by Crippen LogP contribution is -2.45. The van der Waals surface area contributed by atoms with E-state index in [2.05, 4.69) is 25.9 Å². The van der Waals surface area contributed by atoms with Gasteiger partial charge in [0.15, 0.2) is 0 Å². The molecule has 2 saturated heterocycles. The lowest BCUT2D eigenvalue weighted by Gasteiger charge is -2.40. The summed E-state index contributed by atoms with van der Waals surface area (Å²) in [4.78, 5) is 48.7. The number of aromatic nitrogens is 3. The molecule has 0 radical (unpaired) electrons. The first-order valence-electron chi connectivity index (χ1n) is 10.9. The molecule has 5 rings (SSSR count). The van der Waals surface area contributed by atoms with Crippen LogP contribution < -0.4 is 11.2 Å². The van der Waals surface area contributed by atoms with Crippen LogP contribution >= 0.6 is 0 Å². The van der Waals surface area contributed by atoms with Crippen LogP contribution in [0.1, 0.15) is 30.5 Å². The third kappa shape index (κ3) is 4.07. The first-order valence-corrected chi connectivity index (χ1v) is 10.9. The summed E-state index contributed by atoms with van der Waals surface area (Å²) in [6.07, 6.45) is 5.51. The second kappa shape index (κ2) is 7.85. The van der Waals surface area contributed by atoms with Gasteiger partial charge in [0.25, 0.3) is 5.56 Å². The van der Waals surface area contributed by atoms with Gasteiger partial charge in [-0.25, -0.2) is 4.79 Å². The minimum atomic E-state index is -0.468. The summed E-state index contributed by atoms with van der Waals surface area (Å²) in [6.45, 7) is 3.91. The maximum absolute atomic E-state index is 13.1. The zero-order valence-electron chi connectivity index (χ0n) is 17.4. The molecule has 8 nitrogen and oxygen atoms in total. The molecule has 1 spiro atoms. The third-order valence-corrected chi connectivity index (χ3v) is 6.76. The number of nitrogens with zero attached hydrogens (tertiary/aromatic N) is 2. The van der Waals surface area contributed by atoms with Gasteiger partial charge in [-0.2, -0.15) is 0 Å². The van der Waals surface area contributed by atoms with E-state index >= 15 is 0 Å². The smallest absolute Gasteiger partial charge is 0.325 e. The molecular weight excluding hydrogens is 394 g/mol. The summed E-state index contributed by atoms with van der Waals surface area (Å²) in [5.74, 6) is 0.178. The first-order chi connectivity index (χ1) is 15.0. The number of para-hydroxylation sites is 1. The fraction of sp³-hybridized carbons (Fsp3) is 0.435. The highest BCUT2D eigenvalue weighted by atomic mass is 16.2. The molecule has 2 aliphatic heterocycles. The zero-order chi connectivity index (χ0) is 21.4. The zero-order valence-corrected chi connectivity index (χ0v) is 17.4. The standard InChI is InChI=1S/C23H27N5O3/c29-20-11-17(25-22(31)26-20)13-27-8-3-6-23(14-27)7-9-28(15-23)21(30)10-16-12-24-19-5-2-1-4-18(16)19/h1-2,4-5,11-12,24H,3,6-10,13-15H2,(H2,25,26,29,31). The van der Waals surface area contributed by atoms with Crippen LogP contribution in [-0.4, -0.2) is 56.8 Å². The number of carbonyl (C=O) groups excluding carboxylic acids is 1. The van der Waals surface area contributed by atoms with Crippen LogP contribution in [0.15, 0.2) is 46.1 Å². The predicted octanol–water partition coefficient (Wildman–Crippen LogP) is 1.60. The molecule has 3 aromatic rings. The number of benzene rings is 1. The topological polar surface area (TPSA) is 105 Å². The number of rotatable bonds is 4. The molecule has 0 saturated carbocycles. The van der Waals surface area contributed by atoms with Crippen molar-refractivity contribution in [2.24, 2.45) is 5.41 Å². The molecule has 2 aliphatic rings. The Kier molecular flexibility index (Phi) is 5.02. The van der Waals surface area contributed by atoms with E-state index in [9.17, 15) is 14.4 Å². The summed E-state index contributed by atoms with van der Waals surface area (Å²) in [7, 11) is 0. The predicted molar refractivity (Wildman–Crippen MR) is 118 cm³/mol. The van der Waals surface area contributed by atoms with Crippen molar-refractivity contribution in [2.75, 3.05) is 26.2 Å². The quantitative estimate of drug-likeness (QED) is 0.595. The monoisotopic (exact) mass is 421 g/mol. The highest BCUT2D eigenvalue weighted by Gasteiger charge is 2.42. The SMILES string of the molecule is O=C(Cc1c[nH]c2ccccc12)N1CCC2(CCCN(Cc3cc(=O)[nH]c(=O)[nH]3)C2)C1. The second-order valence-corrected chi connectivity index (χ2v) is 9.03. The number of nitrogens with one attached hydrogen (secondary N) is 3. The van der Waals surface area contributed by atoms with Crippen LogP contribution in [-0.2, 0) is 17.8 Å². The summed E-state index contributed by atoms with van der Waals surface area (Å²) >= 11 is 0. The Morgan fingerprint density at radius 2 is 1.94 bits per heavy atom. The fourth-order valence-electron chi connectivity index (χ4n) is 5.32. The molecule has 1 amide bonds. The normalized spacial score (nSPS) is 21.9. The van der Waals surface area contributed by atoms with Gasteiger partial charge in [-0.1, -0.05) is 18.2 Å². The van der Waals surface area contributed by atoms with Crippen molar-refractivity contribution in [3.05, 3.63) is 68.6 Å². The number of piperidine rings is 1. The molecule has 31 heavy (non-hydrogen) atoms. The van der Waals surface area contributed by atoms with Gasteiger partial charge in [0, 0.05) is 60.5 Å². The largest absolute Gasteiger partial charge is 0.361 e. The van der Waals surface area contributed by atoms with Gasteiger partial charge < -0.3 is 14.9 Å². The number of aromatic amines is 3. The van der Waals surface area contributed by atoms with Gasteiger partial charge in [-0.05, 0) is 37.4 Å². The summed E-state index contributed by atoms with van der Waals surface area (Å²) in [5.41, 5.74) is 1.99. The van der Waals surface area contributed by atoms with Crippen LogP contribution in [0.5, 0.6) is 0 Å². The molecule has 0 bridgehead atoms. The van der Waals surface area contributed by atoms with E-state index in [0.717, 1.165) is 61.9 Å². The third-order valence-electron chi connectivity index (χ3n) is 6.76. The lowest BCUT2D eigenvalue weighted by atomic mass is 9.79. The molecule has 4 heterocycles. The molecular formula is C23H27N5O3. The molecule has 1 aromatic carbocycles. The highest BCUT2D eigenvalue weighted by molar-refractivity contribution is 5.89. The first kappa shape index (κ1) is 19.8. The van der Waals surface area contributed by atoms with E-state index in [0.29, 0.717) is 18.7 Å². The Balaban J connectivity index is 1.24.